The monoisotopic (exact) mass is 319 g/mol. The molecule has 1 amide bonds. The molecule has 126 valence electrons. The Morgan fingerprint density at radius 3 is 2.65 bits per heavy atom. The summed E-state index contributed by atoms with van der Waals surface area (Å²) in [5, 5.41) is 7.47. The van der Waals surface area contributed by atoms with Gasteiger partial charge in [-0.1, -0.05) is 0 Å². The van der Waals surface area contributed by atoms with Crippen molar-refractivity contribution < 1.29 is 4.79 Å². The van der Waals surface area contributed by atoms with Gasteiger partial charge in [-0.05, 0) is 31.7 Å². The highest BCUT2D eigenvalue weighted by molar-refractivity contribution is 5.79. The molecule has 1 unspecified atom stereocenters. The molecular weight excluding hydrogens is 294 g/mol. The van der Waals surface area contributed by atoms with Crippen molar-refractivity contribution in [2.24, 2.45) is 13.0 Å². The van der Waals surface area contributed by atoms with Gasteiger partial charge in [0.2, 0.25) is 5.91 Å². The normalized spacial score (nSPS) is 23.4. The summed E-state index contributed by atoms with van der Waals surface area (Å²) < 4.78 is 1.38. The number of carbonyl (C=O) groups excluding carboxylic acids is 1. The van der Waals surface area contributed by atoms with Crippen molar-refractivity contribution in [2.45, 2.75) is 25.8 Å². The molecule has 0 aliphatic carbocycles. The molecule has 1 atom stereocenters. The minimum Gasteiger partial charge on any atom is -0.355 e. The number of hydrogen-bond donors (Lipinski definition) is 1. The molecule has 3 rings (SSSR count). The van der Waals surface area contributed by atoms with Gasteiger partial charge in [0.1, 0.15) is 5.82 Å². The lowest BCUT2D eigenvalue weighted by Gasteiger charge is -2.39. The molecule has 2 fully saturated rings. The van der Waals surface area contributed by atoms with Gasteiger partial charge in [-0.15, -0.1) is 0 Å². The molecule has 1 aromatic heterocycles. The van der Waals surface area contributed by atoms with Crippen molar-refractivity contribution in [3.05, 3.63) is 22.5 Å². The Bertz CT molecular complexity index is 621. The molecule has 23 heavy (non-hydrogen) atoms. The fraction of sp³-hybridized carbons (Fsp3) is 0.688. The first-order valence-electron chi connectivity index (χ1n) is 8.34. The fourth-order valence-electron chi connectivity index (χ4n) is 3.41. The highest BCUT2D eigenvalue weighted by Crippen LogP contribution is 2.23. The van der Waals surface area contributed by atoms with Crippen LogP contribution in [-0.2, 0) is 11.8 Å². The van der Waals surface area contributed by atoms with Crippen molar-refractivity contribution in [1.29, 1.82) is 0 Å². The van der Waals surface area contributed by atoms with Crippen LogP contribution in [0.5, 0.6) is 0 Å². The van der Waals surface area contributed by atoms with E-state index in [-0.39, 0.29) is 17.5 Å². The van der Waals surface area contributed by atoms with Gasteiger partial charge in [0.15, 0.2) is 0 Å². The second kappa shape index (κ2) is 6.70. The zero-order valence-corrected chi connectivity index (χ0v) is 13.9. The molecule has 7 nitrogen and oxygen atoms in total. The van der Waals surface area contributed by atoms with Crippen LogP contribution >= 0.6 is 0 Å². The van der Waals surface area contributed by atoms with E-state index in [0.29, 0.717) is 12.5 Å². The zero-order chi connectivity index (χ0) is 16.4. The lowest BCUT2D eigenvalue weighted by Crippen LogP contribution is -2.55. The van der Waals surface area contributed by atoms with Crippen LogP contribution in [0, 0.1) is 5.92 Å². The van der Waals surface area contributed by atoms with Gasteiger partial charge in [0, 0.05) is 45.3 Å². The van der Waals surface area contributed by atoms with Crippen molar-refractivity contribution in [3.8, 4) is 0 Å². The molecule has 0 radical (unpaired) electrons. The molecule has 2 aliphatic heterocycles. The van der Waals surface area contributed by atoms with E-state index in [2.05, 4.69) is 22.2 Å². The third-order valence-electron chi connectivity index (χ3n) is 4.91. The second-order valence-corrected chi connectivity index (χ2v) is 6.61. The Kier molecular flexibility index (Phi) is 4.66. The number of amides is 1. The number of carbonyl (C=O) groups is 1. The molecule has 1 aromatic rings. The zero-order valence-electron chi connectivity index (χ0n) is 13.9. The van der Waals surface area contributed by atoms with Crippen LogP contribution in [0.2, 0.25) is 0 Å². The molecule has 3 heterocycles. The predicted octanol–water partition coefficient (Wildman–Crippen LogP) is -0.183. The number of nitrogens with zero attached hydrogens (tertiary/aromatic N) is 4. The Hall–Kier alpha value is -1.89. The Morgan fingerprint density at radius 2 is 2.00 bits per heavy atom. The average molecular weight is 319 g/mol. The van der Waals surface area contributed by atoms with Crippen molar-refractivity contribution >= 4 is 11.7 Å². The SMILES string of the molecule is CC1CNCC(=O)N1CC1CCN(c2ccc(=O)n(C)n2)CC1. The van der Waals surface area contributed by atoms with Gasteiger partial charge < -0.3 is 15.1 Å². The van der Waals surface area contributed by atoms with Crippen LogP contribution < -0.4 is 15.8 Å². The molecule has 2 saturated heterocycles. The van der Waals surface area contributed by atoms with Crippen LogP contribution in [0.3, 0.4) is 0 Å². The lowest BCUT2D eigenvalue weighted by molar-refractivity contribution is -0.135. The lowest BCUT2D eigenvalue weighted by atomic mass is 9.95. The summed E-state index contributed by atoms with van der Waals surface area (Å²) in [4.78, 5) is 27.7. The van der Waals surface area contributed by atoms with Gasteiger partial charge >= 0.3 is 0 Å². The van der Waals surface area contributed by atoms with Crippen LogP contribution in [0.15, 0.2) is 16.9 Å². The van der Waals surface area contributed by atoms with E-state index in [1.165, 1.54) is 4.68 Å². The summed E-state index contributed by atoms with van der Waals surface area (Å²) in [7, 11) is 1.68. The summed E-state index contributed by atoms with van der Waals surface area (Å²) in [6.07, 6.45) is 2.10. The number of aryl methyl sites for hydroxylation is 1. The van der Waals surface area contributed by atoms with E-state index < -0.39 is 0 Å². The van der Waals surface area contributed by atoms with Gasteiger partial charge in [-0.25, -0.2) is 4.68 Å². The second-order valence-electron chi connectivity index (χ2n) is 6.61. The highest BCUT2D eigenvalue weighted by Gasteiger charge is 2.29. The minimum absolute atomic E-state index is 0.0881. The van der Waals surface area contributed by atoms with E-state index in [0.717, 1.165) is 44.8 Å². The van der Waals surface area contributed by atoms with Gasteiger partial charge in [0.25, 0.3) is 5.56 Å². The van der Waals surface area contributed by atoms with Crippen LogP contribution in [0.4, 0.5) is 5.82 Å². The molecular formula is C16H25N5O2. The fourth-order valence-corrected chi connectivity index (χ4v) is 3.41. The largest absolute Gasteiger partial charge is 0.355 e. The van der Waals surface area contributed by atoms with E-state index in [4.69, 9.17) is 0 Å². The molecule has 0 bridgehead atoms. The quantitative estimate of drug-likeness (QED) is 0.837. The molecule has 0 aromatic carbocycles. The number of rotatable bonds is 3. The maximum Gasteiger partial charge on any atom is 0.266 e. The highest BCUT2D eigenvalue weighted by atomic mass is 16.2. The topological polar surface area (TPSA) is 70.5 Å². The predicted molar refractivity (Wildman–Crippen MR) is 88.5 cm³/mol. The number of piperazine rings is 1. The molecule has 1 N–H and O–H groups in total. The van der Waals surface area contributed by atoms with E-state index in [9.17, 15) is 9.59 Å². The first kappa shape index (κ1) is 16.0. The smallest absolute Gasteiger partial charge is 0.266 e. The van der Waals surface area contributed by atoms with Crippen molar-refractivity contribution in [2.75, 3.05) is 37.6 Å². The van der Waals surface area contributed by atoms with Crippen LogP contribution in [0.1, 0.15) is 19.8 Å². The van der Waals surface area contributed by atoms with Crippen molar-refractivity contribution in [3.63, 3.8) is 0 Å². The van der Waals surface area contributed by atoms with Gasteiger partial charge in [-0.2, -0.15) is 5.10 Å². The standard InChI is InChI=1S/C16H25N5O2/c1-12-9-17-10-16(23)21(12)11-13-5-7-20(8-6-13)14-3-4-15(22)19(2)18-14/h3-4,12-13,17H,5-11H2,1-2H3. The molecule has 0 spiro atoms. The summed E-state index contributed by atoms with van der Waals surface area (Å²) in [5.41, 5.74) is -0.0881. The number of anilines is 1. The Labute approximate surface area is 136 Å². The maximum absolute atomic E-state index is 12.0. The van der Waals surface area contributed by atoms with E-state index >= 15 is 0 Å². The Balaban J connectivity index is 1.56. The number of piperidine rings is 1. The van der Waals surface area contributed by atoms with Gasteiger partial charge in [-0.3, -0.25) is 9.59 Å². The van der Waals surface area contributed by atoms with Gasteiger partial charge in [0.05, 0.1) is 6.54 Å². The third kappa shape index (κ3) is 3.55. The summed E-state index contributed by atoms with van der Waals surface area (Å²) >= 11 is 0. The summed E-state index contributed by atoms with van der Waals surface area (Å²) in [6.45, 7) is 6.15. The van der Waals surface area contributed by atoms with Crippen LogP contribution in [0.25, 0.3) is 0 Å². The third-order valence-corrected chi connectivity index (χ3v) is 4.91. The maximum atomic E-state index is 12.0. The molecule has 7 heteroatoms. The van der Waals surface area contributed by atoms with Crippen LogP contribution in [-0.4, -0.2) is 59.4 Å². The number of hydrogen-bond acceptors (Lipinski definition) is 5. The van der Waals surface area contributed by atoms with Crippen molar-refractivity contribution in [1.82, 2.24) is 20.0 Å². The number of nitrogens with one attached hydrogen (secondary N) is 1. The summed E-state index contributed by atoms with van der Waals surface area (Å²) in [6, 6.07) is 3.64. The first-order valence-corrected chi connectivity index (χ1v) is 8.34. The van der Waals surface area contributed by atoms with E-state index in [1.807, 2.05) is 4.90 Å². The molecule has 2 aliphatic rings. The number of aromatic nitrogens is 2. The molecule has 0 saturated carbocycles. The Morgan fingerprint density at radius 1 is 1.26 bits per heavy atom. The average Bonchev–Trinajstić information content (AvgIpc) is 2.54. The summed E-state index contributed by atoms with van der Waals surface area (Å²) in [5.74, 6) is 1.62. The van der Waals surface area contributed by atoms with E-state index in [1.54, 1.807) is 19.2 Å². The minimum atomic E-state index is -0.0881. The first-order chi connectivity index (χ1) is 11.0.